The summed E-state index contributed by atoms with van der Waals surface area (Å²) in [6.07, 6.45) is 0. The highest BCUT2D eigenvalue weighted by atomic mass is 15.3. The highest BCUT2D eigenvalue weighted by Crippen LogP contribution is 2.21. The fourth-order valence-corrected chi connectivity index (χ4v) is 2.39. The lowest BCUT2D eigenvalue weighted by Gasteiger charge is -2.13. The average molecular weight is 288 g/mol. The molecule has 6 nitrogen and oxygen atoms in total. The summed E-state index contributed by atoms with van der Waals surface area (Å²) in [5, 5.41) is 11.1. The topological polar surface area (TPSA) is 67.7 Å². The molecule has 2 aromatic heterocycles. The monoisotopic (exact) mass is 288 g/mol. The van der Waals surface area contributed by atoms with E-state index in [1.165, 1.54) is 11.3 Å². The predicted octanol–water partition coefficient (Wildman–Crippen LogP) is 2.49. The van der Waals surface area contributed by atoms with Crippen LogP contribution >= 0.6 is 0 Å². The van der Waals surface area contributed by atoms with Gasteiger partial charge in [-0.3, -0.25) is 4.68 Å². The molecule has 0 fully saturated rings. The van der Waals surface area contributed by atoms with Crippen LogP contribution in [0.2, 0.25) is 0 Å². The molecule has 0 saturated heterocycles. The van der Waals surface area contributed by atoms with Gasteiger partial charge in [0.25, 0.3) is 0 Å². The summed E-state index contributed by atoms with van der Waals surface area (Å²) < 4.78 is 1.91. The molecular formula is C15H24N6. The maximum Gasteiger partial charge on any atom is 0.135 e. The van der Waals surface area contributed by atoms with E-state index in [0.29, 0.717) is 6.54 Å². The van der Waals surface area contributed by atoms with E-state index in [9.17, 15) is 0 Å². The minimum atomic E-state index is 0.717. The summed E-state index contributed by atoms with van der Waals surface area (Å²) in [6.45, 7) is 11.7. The molecule has 21 heavy (non-hydrogen) atoms. The first-order valence-corrected chi connectivity index (χ1v) is 7.26. The van der Waals surface area contributed by atoms with Gasteiger partial charge in [-0.15, -0.1) is 0 Å². The molecule has 0 aliphatic heterocycles. The Morgan fingerprint density at radius 2 is 1.62 bits per heavy atom. The number of aryl methyl sites for hydroxylation is 3. The van der Waals surface area contributed by atoms with Crippen LogP contribution in [0.5, 0.6) is 0 Å². The minimum Gasteiger partial charge on any atom is -0.370 e. The van der Waals surface area contributed by atoms with Gasteiger partial charge in [-0.2, -0.15) is 5.10 Å². The third-order valence-corrected chi connectivity index (χ3v) is 3.69. The van der Waals surface area contributed by atoms with Gasteiger partial charge in [0.1, 0.15) is 17.5 Å². The van der Waals surface area contributed by atoms with Gasteiger partial charge in [-0.05, 0) is 34.6 Å². The van der Waals surface area contributed by atoms with Crippen molar-refractivity contribution in [3.8, 4) is 0 Å². The number of aromatic nitrogens is 4. The first kappa shape index (κ1) is 15.3. The lowest BCUT2D eigenvalue weighted by Crippen LogP contribution is -2.10. The quantitative estimate of drug-likeness (QED) is 0.884. The Hall–Kier alpha value is -2.11. The number of rotatable bonds is 5. The van der Waals surface area contributed by atoms with E-state index in [4.69, 9.17) is 0 Å². The lowest BCUT2D eigenvalue weighted by atomic mass is 10.2. The van der Waals surface area contributed by atoms with Crippen LogP contribution in [0.1, 0.15) is 35.3 Å². The van der Waals surface area contributed by atoms with E-state index in [1.807, 2.05) is 32.5 Å². The molecule has 114 valence electrons. The van der Waals surface area contributed by atoms with Gasteiger partial charge in [-0.1, -0.05) is 0 Å². The van der Waals surface area contributed by atoms with Crippen molar-refractivity contribution in [2.75, 3.05) is 17.2 Å². The van der Waals surface area contributed by atoms with Crippen LogP contribution in [0, 0.1) is 27.7 Å². The second-order valence-corrected chi connectivity index (χ2v) is 5.25. The summed E-state index contributed by atoms with van der Waals surface area (Å²) in [5.41, 5.74) is 4.49. The maximum absolute atomic E-state index is 4.51. The molecule has 6 heteroatoms. The van der Waals surface area contributed by atoms with Crippen molar-refractivity contribution in [1.29, 1.82) is 0 Å². The van der Waals surface area contributed by atoms with E-state index >= 15 is 0 Å². The molecule has 2 aromatic rings. The van der Waals surface area contributed by atoms with Crippen molar-refractivity contribution in [3.63, 3.8) is 0 Å². The third kappa shape index (κ3) is 3.15. The van der Waals surface area contributed by atoms with Gasteiger partial charge >= 0.3 is 0 Å². The Kier molecular flexibility index (Phi) is 4.45. The first-order chi connectivity index (χ1) is 9.93. The zero-order valence-corrected chi connectivity index (χ0v) is 13.7. The first-order valence-electron chi connectivity index (χ1n) is 7.26. The lowest BCUT2D eigenvalue weighted by molar-refractivity contribution is 0.730. The summed E-state index contributed by atoms with van der Waals surface area (Å²) in [7, 11) is 1.97. The highest BCUT2D eigenvalue weighted by Gasteiger charge is 2.12. The van der Waals surface area contributed by atoms with E-state index in [0.717, 1.165) is 35.3 Å². The molecule has 0 atom stereocenters. The molecule has 0 bridgehead atoms. The van der Waals surface area contributed by atoms with Gasteiger partial charge in [0.05, 0.1) is 5.69 Å². The van der Waals surface area contributed by atoms with E-state index in [1.54, 1.807) is 0 Å². The fourth-order valence-electron chi connectivity index (χ4n) is 2.39. The Morgan fingerprint density at radius 1 is 1.00 bits per heavy atom. The number of hydrogen-bond acceptors (Lipinski definition) is 5. The largest absolute Gasteiger partial charge is 0.370 e. The van der Waals surface area contributed by atoms with Crippen LogP contribution in [-0.2, 0) is 13.6 Å². The number of nitrogens with zero attached hydrogens (tertiary/aromatic N) is 4. The Morgan fingerprint density at radius 3 is 2.14 bits per heavy atom. The summed E-state index contributed by atoms with van der Waals surface area (Å²) in [4.78, 5) is 8.95. The van der Waals surface area contributed by atoms with Gasteiger partial charge in [0.2, 0.25) is 0 Å². The normalized spacial score (nSPS) is 10.8. The summed E-state index contributed by atoms with van der Waals surface area (Å²) in [6, 6.07) is 0. The average Bonchev–Trinajstić information content (AvgIpc) is 2.66. The predicted molar refractivity (Wildman–Crippen MR) is 85.7 cm³/mol. The zero-order chi connectivity index (χ0) is 15.6. The van der Waals surface area contributed by atoms with Crippen LogP contribution in [0.25, 0.3) is 0 Å². The molecule has 0 aliphatic rings. The molecule has 0 unspecified atom stereocenters. The van der Waals surface area contributed by atoms with Crippen molar-refractivity contribution in [2.45, 2.75) is 41.2 Å². The molecule has 2 rings (SSSR count). The Bertz CT molecular complexity index is 644. The fraction of sp³-hybridized carbons (Fsp3) is 0.533. The molecule has 0 aromatic carbocycles. The van der Waals surface area contributed by atoms with Gasteiger partial charge in [-0.25, -0.2) is 9.97 Å². The Labute approximate surface area is 126 Å². The second-order valence-electron chi connectivity index (χ2n) is 5.25. The second kappa shape index (κ2) is 6.11. The van der Waals surface area contributed by atoms with Crippen molar-refractivity contribution >= 4 is 11.6 Å². The third-order valence-electron chi connectivity index (χ3n) is 3.69. The van der Waals surface area contributed by atoms with E-state index < -0.39 is 0 Å². The summed E-state index contributed by atoms with van der Waals surface area (Å²) >= 11 is 0. The molecular weight excluding hydrogens is 264 g/mol. The van der Waals surface area contributed by atoms with Gasteiger partial charge in [0, 0.05) is 37.0 Å². The SMILES string of the molecule is CCNc1nc(C)nc(NCc2c(C)nn(C)c2C)c1C. The number of nitrogens with one attached hydrogen (secondary N) is 2. The number of hydrogen-bond donors (Lipinski definition) is 2. The zero-order valence-electron chi connectivity index (χ0n) is 13.7. The van der Waals surface area contributed by atoms with Crippen LogP contribution in [-0.4, -0.2) is 26.3 Å². The smallest absolute Gasteiger partial charge is 0.135 e. The standard InChI is InChI=1S/C15H24N6/c1-7-16-14-9(2)15(19-12(5)18-14)17-8-13-10(3)20-21(6)11(13)4/h7-8H2,1-6H3,(H2,16,17,18,19). The maximum atomic E-state index is 4.51. The molecule has 0 aliphatic carbocycles. The summed E-state index contributed by atoms with van der Waals surface area (Å²) in [5.74, 6) is 2.53. The molecule has 0 spiro atoms. The van der Waals surface area contributed by atoms with Crippen LogP contribution in [0.15, 0.2) is 0 Å². The van der Waals surface area contributed by atoms with Crippen LogP contribution in [0.3, 0.4) is 0 Å². The van der Waals surface area contributed by atoms with E-state index in [-0.39, 0.29) is 0 Å². The van der Waals surface area contributed by atoms with Crippen molar-refractivity contribution in [2.24, 2.45) is 7.05 Å². The Balaban J connectivity index is 2.24. The van der Waals surface area contributed by atoms with Crippen LogP contribution < -0.4 is 10.6 Å². The van der Waals surface area contributed by atoms with E-state index in [2.05, 4.69) is 39.5 Å². The van der Waals surface area contributed by atoms with Gasteiger partial charge in [0.15, 0.2) is 0 Å². The molecule has 2 heterocycles. The highest BCUT2D eigenvalue weighted by molar-refractivity contribution is 5.57. The molecule has 0 saturated carbocycles. The number of anilines is 2. The molecule has 2 N–H and O–H groups in total. The van der Waals surface area contributed by atoms with Gasteiger partial charge < -0.3 is 10.6 Å². The minimum absolute atomic E-state index is 0.717. The van der Waals surface area contributed by atoms with Crippen LogP contribution in [0.4, 0.5) is 11.6 Å². The van der Waals surface area contributed by atoms with Crippen molar-refractivity contribution in [3.05, 3.63) is 28.3 Å². The molecule has 0 amide bonds. The van der Waals surface area contributed by atoms with Crippen molar-refractivity contribution < 1.29 is 0 Å². The molecule has 0 radical (unpaired) electrons. The van der Waals surface area contributed by atoms with Crippen molar-refractivity contribution in [1.82, 2.24) is 19.7 Å².